The topological polar surface area (TPSA) is 135 Å². The maximum absolute atomic E-state index is 13.1. The van der Waals surface area contributed by atoms with Crippen LogP contribution in [0.2, 0.25) is 5.02 Å². The number of nitrogens with one attached hydrogen (secondary N) is 2. The second-order valence-corrected chi connectivity index (χ2v) is 10.3. The molecule has 1 aliphatic rings. The molecular formula is C28H30ClN5O5. The monoisotopic (exact) mass is 551 g/mol. The molecule has 1 aromatic heterocycles. The molecule has 1 fully saturated rings. The van der Waals surface area contributed by atoms with Crippen molar-refractivity contribution in [1.29, 1.82) is 0 Å². The molecule has 1 atom stereocenters. The van der Waals surface area contributed by atoms with E-state index in [4.69, 9.17) is 11.6 Å². The lowest BCUT2D eigenvalue weighted by Gasteiger charge is -2.38. The quantitative estimate of drug-likeness (QED) is 0.218. The van der Waals surface area contributed by atoms with Crippen LogP contribution >= 0.6 is 11.6 Å². The standard InChI is InChI=1S/C28H30ClN5O5/c1-34(2,39)16-15-33-14-4-6-21(28(33)38)18-8-10-19(11-9-18)26(36)32-25-22(5-3-7-23(25)35)27(37)31-24-13-12-20(29)17-30-24/h3,5,7-13,17,21,35H,4,6,14-16H2,1-2H3,(H,32,36)(H,30,31,37). The number of halogens is 1. The molecule has 1 aliphatic heterocycles. The summed E-state index contributed by atoms with van der Waals surface area (Å²) in [6.45, 7) is 1.34. The van der Waals surface area contributed by atoms with E-state index >= 15 is 0 Å². The summed E-state index contributed by atoms with van der Waals surface area (Å²) >= 11 is 5.84. The molecule has 11 heteroatoms. The van der Waals surface area contributed by atoms with Crippen molar-refractivity contribution >= 4 is 40.8 Å². The number of hydroxylamine groups is 3. The van der Waals surface area contributed by atoms with Crippen molar-refractivity contribution in [3.63, 3.8) is 0 Å². The Labute approximate surface area is 231 Å². The summed E-state index contributed by atoms with van der Waals surface area (Å²) < 4.78 is -0.462. The number of aromatic nitrogens is 1. The van der Waals surface area contributed by atoms with Gasteiger partial charge in [-0.05, 0) is 54.8 Å². The van der Waals surface area contributed by atoms with Gasteiger partial charge in [-0.2, -0.15) is 0 Å². The van der Waals surface area contributed by atoms with E-state index in [1.54, 1.807) is 49.3 Å². The van der Waals surface area contributed by atoms with Crippen molar-refractivity contribution < 1.29 is 24.1 Å². The zero-order valence-corrected chi connectivity index (χ0v) is 22.4. The number of anilines is 2. The summed E-state index contributed by atoms with van der Waals surface area (Å²) in [5, 5.41) is 28.0. The number of aromatic hydroxyl groups is 1. The van der Waals surface area contributed by atoms with Crippen LogP contribution in [-0.2, 0) is 4.79 Å². The minimum atomic E-state index is -0.578. The van der Waals surface area contributed by atoms with Gasteiger partial charge >= 0.3 is 0 Å². The van der Waals surface area contributed by atoms with Crippen LogP contribution in [0.1, 0.15) is 45.0 Å². The molecule has 0 aliphatic carbocycles. The largest absolute Gasteiger partial charge is 0.633 e. The SMILES string of the molecule is C[N+](C)([O-])CCN1CCCC(c2ccc(C(=O)Nc3c(O)cccc3C(=O)Nc3ccc(Cl)cn3)cc2)C1=O. The summed E-state index contributed by atoms with van der Waals surface area (Å²) in [5.41, 5.74) is 1.08. The number of hydrogen-bond acceptors (Lipinski definition) is 6. The molecule has 0 bridgehead atoms. The molecule has 3 amide bonds. The first kappa shape index (κ1) is 28.0. The molecule has 0 saturated carbocycles. The van der Waals surface area contributed by atoms with Crippen molar-refractivity contribution in [2.75, 3.05) is 44.4 Å². The Kier molecular flexibility index (Phi) is 8.49. The number of rotatable bonds is 8. The Balaban J connectivity index is 1.46. The Bertz CT molecular complexity index is 1360. The van der Waals surface area contributed by atoms with E-state index in [0.717, 1.165) is 12.0 Å². The van der Waals surface area contributed by atoms with Crippen LogP contribution in [0.4, 0.5) is 11.5 Å². The van der Waals surface area contributed by atoms with Gasteiger partial charge in [-0.15, -0.1) is 0 Å². The van der Waals surface area contributed by atoms with Crippen LogP contribution in [0.15, 0.2) is 60.8 Å². The lowest BCUT2D eigenvalue weighted by Crippen LogP contribution is -2.46. The van der Waals surface area contributed by atoms with E-state index in [1.165, 1.54) is 30.5 Å². The van der Waals surface area contributed by atoms with Gasteiger partial charge in [0.15, 0.2) is 0 Å². The molecule has 39 heavy (non-hydrogen) atoms. The molecule has 204 valence electrons. The molecular weight excluding hydrogens is 522 g/mol. The highest BCUT2D eigenvalue weighted by molar-refractivity contribution is 6.30. The fraction of sp³-hybridized carbons (Fsp3) is 0.286. The highest BCUT2D eigenvalue weighted by Crippen LogP contribution is 2.30. The molecule has 1 unspecified atom stereocenters. The first-order chi connectivity index (χ1) is 18.5. The van der Waals surface area contributed by atoms with E-state index in [1.807, 2.05) is 0 Å². The molecule has 10 nitrogen and oxygen atoms in total. The molecule has 1 saturated heterocycles. The number of benzene rings is 2. The number of quaternary nitrogens is 1. The number of phenols is 1. The van der Waals surface area contributed by atoms with E-state index in [-0.39, 0.29) is 34.6 Å². The highest BCUT2D eigenvalue weighted by atomic mass is 35.5. The smallest absolute Gasteiger partial charge is 0.259 e. The Hall–Kier alpha value is -3.99. The molecule has 2 aromatic carbocycles. The number of para-hydroxylation sites is 1. The average Bonchev–Trinajstić information content (AvgIpc) is 2.90. The van der Waals surface area contributed by atoms with Crippen LogP contribution in [-0.4, -0.2) is 71.1 Å². The molecule has 4 rings (SSSR count). The second kappa shape index (κ2) is 11.8. The number of phenolic OH excluding ortho intramolecular Hbond substituents is 1. The van der Waals surface area contributed by atoms with Gasteiger partial charge in [-0.3, -0.25) is 14.4 Å². The van der Waals surface area contributed by atoms with Crippen molar-refractivity contribution in [2.24, 2.45) is 0 Å². The third kappa shape index (κ3) is 7.11. The summed E-state index contributed by atoms with van der Waals surface area (Å²) in [6.07, 6.45) is 2.90. The second-order valence-electron chi connectivity index (χ2n) is 9.91. The average molecular weight is 552 g/mol. The zero-order chi connectivity index (χ0) is 28.2. The summed E-state index contributed by atoms with van der Waals surface area (Å²) in [4.78, 5) is 44.7. The third-order valence-electron chi connectivity index (χ3n) is 6.51. The van der Waals surface area contributed by atoms with Crippen LogP contribution in [0.25, 0.3) is 0 Å². The first-order valence-corrected chi connectivity index (χ1v) is 12.9. The maximum atomic E-state index is 13.1. The predicted molar refractivity (Wildman–Crippen MR) is 149 cm³/mol. The lowest BCUT2D eigenvalue weighted by atomic mass is 9.89. The number of carbonyl (C=O) groups is 3. The summed E-state index contributed by atoms with van der Waals surface area (Å²) in [5.74, 6) is -1.49. The minimum absolute atomic E-state index is 0.0214. The number of pyridine rings is 1. The third-order valence-corrected chi connectivity index (χ3v) is 6.73. The number of likely N-dealkylation sites (N-methyl/N-ethyl adjacent to an activating group) is 1. The molecule has 3 N–H and O–H groups in total. The van der Waals surface area contributed by atoms with Gasteiger partial charge in [0.1, 0.15) is 11.6 Å². The lowest BCUT2D eigenvalue weighted by molar-refractivity contribution is -0.839. The van der Waals surface area contributed by atoms with Crippen LogP contribution < -0.4 is 10.6 Å². The van der Waals surface area contributed by atoms with E-state index < -0.39 is 16.5 Å². The predicted octanol–water partition coefficient (Wildman–Crippen LogP) is 4.23. The zero-order valence-electron chi connectivity index (χ0n) is 21.7. The van der Waals surface area contributed by atoms with Gasteiger partial charge in [0.25, 0.3) is 11.8 Å². The van der Waals surface area contributed by atoms with Crippen LogP contribution in [0, 0.1) is 5.21 Å². The summed E-state index contributed by atoms with van der Waals surface area (Å²) in [7, 11) is 3.11. The fourth-order valence-electron chi connectivity index (χ4n) is 4.38. The number of carbonyl (C=O) groups excluding carboxylic acids is 3. The molecule has 0 radical (unpaired) electrons. The minimum Gasteiger partial charge on any atom is -0.633 e. The number of piperidine rings is 1. The van der Waals surface area contributed by atoms with E-state index in [0.29, 0.717) is 36.6 Å². The molecule has 2 heterocycles. The molecule has 0 spiro atoms. The van der Waals surface area contributed by atoms with Crippen molar-refractivity contribution in [2.45, 2.75) is 18.8 Å². The van der Waals surface area contributed by atoms with E-state index in [2.05, 4.69) is 15.6 Å². The fourth-order valence-corrected chi connectivity index (χ4v) is 4.49. The van der Waals surface area contributed by atoms with Crippen molar-refractivity contribution in [3.05, 3.63) is 87.7 Å². The van der Waals surface area contributed by atoms with Crippen molar-refractivity contribution in [1.82, 2.24) is 9.88 Å². The van der Waals surface area contributed by atoms with Gasteiger partial charge < -0.3 is 30.5 Å². The van der Waals surface area contributed by atoms with Gasteiger partial charge in [0.2, 0.25) is 5.91 Å². The Morgan fingerprint density at radius 3 is 2.51 bits per heavy atom. The number of hydrogen-bond donors (Lipinski definition) is 3. The summed E-state index contributed by atoms with van der Waals surface area (Å²) in [6, 6.07) is 14.1. The normalized spacial score (nSPS) is 15.6. The van der Waals surface area contributed by atoms with Gasteiger partial charge in [0, 0.05) is 18.3 Å². The van der Waals surface area contributed by atoms with Crippen LogP contribution in [0.3, 0.4) is 0 Å². The van der Waals surface area contributed by atoms with E-state index in [9.17, 15) is 24.7 Å². The van der Waals surface area contributed by atoms with Gasteiger partial charge in [-0.25, -0.2) is 4.98 Å². The van der Waals surface area contributed by atoms with Crippen LogP contribution in [0.5, 0.6) is 5.75 Å². The number of nitrogens with zero attached hydrogens (tertiary/aromatic N) is 3. The van der Waals surface area contributed by atoms with Crippen molar-refractivity contribution in [3.8, 4) is 5.75 Å². The molecule has 3 aromatic rings. The number of amides is 3. The number of likely N-dealkylation sites (tertiary alicyclic amines) is 1. The first-order valence-electron chi connectivity index (χ1n) is 12.5. The van der Waals surface area contributed by atoms with Gasteiger partial charge in [0.05, 0.1) is 49.4 Å². The van der Waals surface area contributed by atoms with Gasteiger partial charge in [-0.1, -0.05) is 29.8 Å². The Morgan fingerprint density at radius 2 is 1.85 bits per heavy atom. The highest BCUT2D eigenvalue weighted by Gasteiger charge is 2.30. The maximum Gasteiger partial charge on any atom is 0.259 e. The Morgan fingerprint density at radius 1 is 1.10 bits per heavy atom.